The van der Waals surface area contributed by atoms with Crippen molar-refractivity contribution in [2.24, 2.45) is 5.73 Å². The predicted molar refractivity (Wildman–Crippen MR) is 87.1 cm³/mol. The minimum atomic E-state index is -3.72. The molecule has 0 saturated carbocycles. The van der Waals surface area contributed by atoms with Crippen LogP contribution in [-0.2, 0) is 10.0 Å². The van der Waals surface area contributed by atoms with Gasteiger partial charge in [-0.05, 0) is 18.1 Å². The van der Waals surface area contributed by atoms with Gasteiger partial charge in [-0.3, -0.25) is 9.71 Å². The third kappa shape index (κ3) is 3.74. The molecule has 0 bridgehead atoms. The Morgan fingerprint density at radius 1 is 1.43 bits per heavy atom. The average Bonchev–Trinajstić information content (AvgIpc) is 2.87. The molecular weight excluding hydrogens is 328 g/mol. The molecule has 0 atom stereocenters. The van der Waals surface area contributed by atoms with Crippen LogP contribution in [0.1, 0.15) is 31.2 Å². The normalized spacial score (nSPS) is 11.6. The van der Waals surface area contributed by atoms with E-state index in [1.54, 1.807) is 0 Å². The Kier molecular flexibility index (Phi) is 4.55. The summed E-state index contributed by atoms with van der Waals surface area (Å²) in [5, 5.41) is 2.16. The van der Waals surface area contributed by atoms with Crippen molar-refractivity contribution in [1.29, 1.82) is 0 Å². The summed E-state index contributed by atoms with van der Waals surface area (Å²) in [6, 6.07) is 2.87. The number of nitrogens with two attached hydrogens (primary N) is 1. The molecule has 2 aromatic heterocycles. The standard InChI is InChI=1S/C12H14N4O2S3/c1-7(2)10-6-20-12(15-10)16-21(17,18)8-3-4-9(11(13)19)14-5-8/h3-7H,1-2H3,(H2,13,19)(H,15,16). The van der Waals surface area contributed by atoms with Crippen molar-refractivity contribution in [2.45, 2.75) is 24.7 Å². The zero-order valence-electron chi connectivity index (χ0n) is 11.4. The summed E-state index contributed by atoms with van der Waals surface area (Å²) in [6.07, 6.45) is 1.22. The fourth-order valence-electron chi connectivity index (χ4n) is 1.46. The Hall–Kier alpha value is -1.58. The molecule has 0 amide bonds. The van der Waals surface area contributed by atoms with Gasteiger partial charge in [0.15, 0.2) is 5.13 Å². The minimum absolute atomic E-state index is 0.0313. The van der Waals surface area contributed by atoms with Crippen LogP contribution in [0.5, 0.6) is 0 Å². The van der Waals surface area contributed by atoms with Crippen molar-refractivity contribution in [1.82, 2.24) is 9.97 Å². The van der Waals surface area contributed by atoms with Crippen molar-refractivity contribution in [3.8, 4) is 0 Å². The number of thiazole rings is 1. The first-order valence-corrected chi connectivity index (χ1v) is 8.81. The highest BCUT2D eigenvalue weighted by molar-refractivity contribution is 7.93. The van der Waals surface area contributed by atoms with Crippen molar-refractivity contribution < 1.29 is 8.42 Å². The maximum Gasteiger partial charge on any atom is 0.265 e. The van der Waals surface area contributed by atoms with Gasteiger partial charge in [-0.1, -0.05) is 26.1 Å². The molecule has 0 saturated heterocycles. The van der Waals surface area contributed by atoms with Crippen LogP contribution in [0.3, 0.4) is 0 Å². The number of rotatable bonds is 5. The highest BCUT2D eigenvalue weighted by Gasteiger charge is 2.17. The van der Waals surface area contributed by atoms with Crippen LogP contribution in [0.4, 0.5) is 5.13 Å². The maximum absolute atomic E-state index is 12.2. The third-order valence-corrected chi connectivity index (χ3v) is 5.07. The van der Waals surface area contributed by atoms with E-state index in [0.29, 0.717) is 10.8 Å². The number of sulfonamides is 1. The van der Waals surface area contributed by atoms with Gasteiger partial charge >= 0.3 is 0 Å². The summed E-state index contributed by atoms with van der Waals surface area (Å²) >= 11 is 6.02. The molecule has 0 radical (unpaired) electrons. The van der Waals surface area contributed by atoms with Gasteiger partial charge in [0.2, 0.25) is 0 Å². The molecule has 0 unspecified atom stereocenters. The number of thiocarbonyl (C=S) groups is 1. The Bertz CT molecular complexity index is 751. The molecular formula is C12H14N4O2S3. The van der Waals surface area contributed by atoms with E-state index in [9.17, 15) is 8.42 Å². The van der Waals surface area contributed by atoms with Crippen LogP contribution in [0, 0.1) is 0 Å². The lowest BCUT2D eigenvalue weighted by Gasteiger charge is -2.05. The molecule has 0 aliphatic heterocycles. The van der Waals surface area contributed by atoms with Gasteiger partial charge in [0.25, 0.3) is 10.0 Å². The molecule has 9 heteroatoms. The summed E-state index contributed by atoms with van der Waals surface area (Å²) < 4.78 is 26.9. The lowest BCUT2D eigenvalue weighted by atomic mass is 10.2. The van der Waals surface area contributed by atoms with E-state index in [1.807, 2.05) is 19.2 Å². The third-order valence-electron chi connectivity index (χ3n) is 2.63. The first-order valence-electron chi connectivity index (χ1n) is 6.03. The van der Waals surface area contributed by atoms with Gasteiger partial charge in [0, 0.05) is 11.6 Å². The highest BCUT2D eigenvalue weighted by atomic mass is 32.2. The molecule has 112 valence electrons. The fraction of sp³-hybridized carbons (Fsp3) is 0.250. The molecule has 0 aliphatic carbocycles. The molecule has 0 fully saturated rings. The van der Waals surface area contributed by atoms with Gasteiger partial charge in [-0.25, -0.2) is 13.4 Å². The number of anilines is 1. The zero-order chi connectivity index (χ0) is 15.6. The summed E-state index contributed by atoms with van der Waals surface area (Å²) in [5.41, 5.74) is 6.65. The molecule has 2 rings (SSSR count). The summed E-state index contributed by atoms with van der Waals surface area (Å²) in [5.74, 6) is 0.242. The van der Waals surface area contributed by atoms with Crippen LogP contribution in [0.15, 0.2) is 28.6 Å². The van der Waals surface area contributed by atoms with Crippen molar-refractivity contribution >= 4 is 43.7 Å². The molecule has 6 nitrogen and oxygen atoms in total. The fourth-order valence-corrected chi connectivity index (χ4v) is 3.65. The Morgan fingerprint density at radius 2 is 2.14 bits per heavy atom. The van der Waals surface area contributed by atoms with Crippen LogP contribution >= 0.6 is 23.6 Å². The molecule has 0 spiro atoms. The number of nitrogens with zero attached hydrogens (tertiary/aromatic N) is 2. The molecule has 2 heterocycles. The number of hydrogen-bond donors (Lipinski definition) is 2. The second-order valence-electron chi connectivity index (χ2n) is 4.58. The van der Waals surface area contributed by atoms with E-state index in [4.69, 9.17) is 18.0 Å². The Morgan fingerprint density at radius 3 is 2.62 bits per heavy atom. The zero-order valence-corrected chi connectivity index (χ0v) is 13.8. The maximum atomic E-state index is 12.2. The van der Waals surface area contributed by atoms with Crippen molar-refractivity contribution in [2.75, 3.05) is 4.72 Å². The first-order chi connectivity index (χ1) is 9.79. The van der Waals surface area contributed by atoms with Gasteiger partial charge in [-0.15, -0.1) is 11.3 Å². The van der Waals surface area contributed by atoms with Crippen LogP contribution in [0.25, 0.3) is 0 Å². The lowest BCUT2D eigenvalue weighted by Crippen LogP contribution is -2.15. The van der Waals surface area contributed by atoms with E-state index in [1.165, 1.54) is 29.7 Å². The Labute approximate surface area is 132 Å². The van der Waals surface area contributed by atoms with E-state index >= 15 is 0 Å². The number of pyridine rings is 1. The topological polar surface area (TPSA) is 98.0 Å². The quantitative estimate of drug-likeness (QED) is 0.808. The summed E-state index contributed by atoms with van der Waals surface area (Å²) in [6.45, 7) is 3.98. The average molecular weight is 342 g/mol. The van der Waals surface area contributed by atoms with E-state index < -0.39 is 10.0 Å². The minimum Gasteiger partial charge on any atom is -0.388 e. The van der Waals surface area contributed by atoms with Gasteiger partial charge < -0.3 is 5.73 Å². The number of nitrogens with one attached hydrogen (secondary N) is 1. The first kappa shape index (κ1) is 15.8. The largest absolute Gasteiger partial charge is 0.388 e. The summed E-state index contributed by atoms with van der Waals surface area (Å²) in [4.78, 5) is 8.30. The molecule has 0 aliphatic rings. The Balaban J connectivity index is 2.22. The molecule has 2 aromatic rings. The SMILES string of the molecule is CC(C)c1csc(NS(=O)(=O)c2ccc(C(N)=S)nc2)n1. The van der Waals surface area contributed by atoms with Gasteiger partial charge in [0.1, 0.15) is 9.88 Å². The van der Waals surface area contributed by atoms with Gasteiger partial charge in [0.05, 0.1) is 11.4 Å². The highest BCUT2D eigenvalue weighted by Crippen LogP contribution is 2.23. The molecule has 3 N–H and O–H groups in total. The lowest BCUT2D eigenvalue weighted by molar-refractivity contribution is 0.600. The monoisotopic (exact) mass is 342 g/mol. The smallest absolute Gasteiger partial charge is 0.265 e. The van der Waals surface area contributed by atoms with Crippen LogP contribution < -0.4 is 10.5 Å². The molecule has 0 aromatic carbocycles. The number of aromatic nitrogens is 2. The molecule has 21 heavy (non-hydrogen) atoms. The van der Waals surface area contributed by atoms with Crippen molar-refractivity contribution in [3.63, 3.8) is 0 Å². The van der Waals surface area contributed by atoms with E-state index in [-0.39, 0.29) is 15.8 Å². The summed E-state index contributed by atoms with van der Waals surface area (Å²) in [7, 11) is -3.72. The van der Waals surface area contributed by atoms with E-state index in [2.05, 4.69) is 14.7 Å². The van der Waals surface area contributed by atoms with Gasteiger partial charge in [-0.2, -0.15) is 0 Å². The number of hydrogen-bond acceptors (Lipinski definition) is 6. The van der Waals surface area contributed by atoms with E-state index in [0.717, 1.165) is 5.69 Å². The predicted octanol–water partition coefficient (Wildman–Crippen LogP) is 2.10. The van der Waals surface area contributed by atoms with Crippen molar-refractivity contribution in [3.05, 3.63) is 35.1 Å². The van der Waals surface area contributed by atoms with Crippen LogP contribution in [0.2, 0.25) is 0 Å². The second kappa shape index (κ2) is 6.04. The second-order valence-corrected chi connectivity index (χ2v) is 7.56. The van der Waals surface area contributed by atoms with Crippen LogP contribution in [-0.4, -0.2) is 23.4 Å².